The van der Waals surface area contributed by atoms with Crippen LogP contribution in [0, 0.1) is 5.92 Å². The number of benzene rings is 2. The summed E-state index contributed by atoms with van der Waals surface area (Å²) in [5, 5.41) is 11.8. The standard InChI is InChI=1S/C28H31N3O3/c32-22-7-8-25-21(14-22)15-26(29-25)28(33)31-11-3-4-19(17-31)16-30-12-9-20(10-13-30)24-18-34-27-6-2-1-5-23(24)27/h1-2,5-8,14-15,18-20,29,32H,3-4,9-13,16-17H2/t19-/m0/s1. The van der Waals surface area contributed by atoms with Crippen LogP contribution in [0.15, 0.2) is 59.2 Å². The Morgan fingerprint density at radius 2 is 1.91 bits per heavy atom. The van der Waals surface area contributed by atoms with Gasteiger partial charge in [-0.2, -0.15) is 0 Å². The number of phenolic OH excluding ortho intramolecular Hbond substituents is 1. The molecule has 2 aliphatic heterocycles. The van der Waals surface area contributed by atoms with E-state index in [1.165, 1.54) is 17.4 Å². The van der Waals surface area contributed by atoms with Crippen LogP contribution in [0.25, 0.3) is 21.9 Å². The molecule has 2 aromatic carbocycles. The maximum Gasteiger partial charge on any atom is 0.270 e. The average molecular weight is 458 g/mol. The molecule has 2 saturated heterocycles. The van der Waals surface area contributed by atoms with Crippen LogP contribution in [0.5, 0.6) is 5.75 Å². The Bertz CT molecular complexity index is 1310. The summed E-state index contributed by atoms with van der Waals surface area (Å²) in [7, 11) is 0. The Hall–Kier alpha value is -3.25. The highest BCUT2D eigenvalue weighted by Crippen LogP contribution is 2.35. The van der Waals surface area contributed by atoms with Crippen LogP contribution in [0.1, 0.15) is 47.7 Å². The number of H-pyrrole nitrogens is 1. The first-order valence-corrected chi connectivity index (χ1v) is 12.4. The Morgan fingerprint density at radius 3 is 2.79 bits per heavy atom. The number of likely N-dealkylation sites (tertiary alicyclic amines) is 2. The summed E-state index contributed by atoms with van der Waals surface area (Å²) < 4.78 is 5.78. The van der Waals surface area contributed by atoms with Crippen molar-refractivity contribution in [1.82, 2.24) is 14.8 Å². The number of aromatic amines is 1. The molecule has 2 aliphatic rings. The molecule has 6 heteroatoms. The van der Waals surface area contributed by atoms with Crippen molar-refractivity contribution in [2.45, 2.75) is 31.6 Å². The number of aromatic hydroxyl groups is 1. The second-order valence-corrected chi connectivity index (χ2v) is 9.98. The summed E-state index contributed by atoms with van der Waals surface area (Å²) in [6.07, 6.45) is 6.49. The van der Waals surface area contributed by atoms with E-state index in [1.54, 1.807) is 12.1 Å². The number of phenols is 1. The van der Waals surface area contributed by atoms with Crippen LogP contribution in [0.2, 0.25) is 0 Å². The van der Waals surface area contributed by atoms with Gasteiger partial charge in [0.15, 0.2) is 0 Å². The maximum absolute atomic E-state index is 13.2. The first-order chi connectivity index (χ1) is 16.6. The van der Waals surface area contributed by atoms with E-state index < -0.39 is 0 Å². The van der Waals surface area contributed by atoms with Gasteiger partial charge in [-0.1, -0.05) is 18.2 Å². The highest BCUT2D eigenvalue weighted by atomic mass is 16.3. The number of aromatic nitrogens is 1. The summed E-state index contributed by atoms with van der Waals surface area (Å²) >= 11 is 0. The number of hydrogen-bond acceptors (Lipinski definition) is 4. The molecule has 2 N–H and O–H groups in total. The topological polar surface area (TPSA) is 72.7 Å². The fraction of sp³-hybridized carbons (Fsp3) is 0.393. The van der Waals surface area contributed by atoms with Gasteiger partial charge in [0.05, 0.1) is 6.26 Å². The van der Waals surface area contributed by atoms with Crippen LogP contribution in [-0.4, -0.2) is 58.5 Å². The van der Waals surface area contributed by atoms with Crippen molar-refractivity contribution >= 4 is 27.8 Å². The lowest BCUT2D eigenvalue weighted by atomic mass is 9.88. The van der Waals surface area contributed by atoms with Crippen molar-refractivity contribution in [2.24, 2.45) is 5.92 Å². The number of para-hydroxylation sites is 1. The molecule has 0 saturated carbocycles. The second kappa shape index (κ2) is 8.84. The van der Waals surface area contributed by atoms with E-state index in [2.05, 4.69) is 22.0 Å². The van der Waals surface area contributed by atoms with Crippen LogP contribution in [0.3, 0.4) is 0 Å². The van der Waals surface area contributed by atoms with E-state index in [0.717, 1.165) is 68.5 Å². The Morgan fingerprint density at radius 1 is 1.06 bits per heavy atom. The number of carbonyl (C=O) groups excluding carboxylic acids is 1. The third kappa shape index (κ3) is 4.07. The van der Waals surface area contributed by atoms with E-state index in [9.17, 15) is 9.90 Å². The number of furan rings is 1. The summed E-state index contributed by atoms with van der Waals surface area (Å²) in [6.45, 7) is 4.88. The summed E-state index contributed by atoms with van der Waals surface area (Å²) in [4.78, 5) is 21.0. The lowest BCUT2D eigenvalue weighted by molar-refractivity contribution is 0.0623. The minimum absolute atomic E-state index is 0.0610. The molecule has 6 nitrogen and oxygen atoms in total. The number of hydrogen-bond donors (Lipinski definition) is 2. The summed E-state index contributed by atoms with van der Waals surface area (Å²) in [6, 6.07) is 15.3. The van der Waals surface area contributed by atoms with E-state index in [4.69, 9.17) is 4.42 Å². The van der Waals surface area contributed by atoms with Gasteiger partial charge in [-0.15, -0.1) is 0 Å². The Balaban J connectivity index is 1.06. The maximum atomic E-state index is 13.2. The van der Waals surface area contributed by atoms with Gasteiger partial charge in [0.2, 0.25) is 0 Å². The van der Waals surface area contributed by atoms with Crippen LogP contribution in [0.4, 0.5) is 0 Å². The fourth-order valence-electron chi connectivity index (χ4n) is 5.91. The molecule has 2 fully saturated rings. The number of nitrogens with one attached hydrogen (secondary N) is 1. The van der Waals surface area contributed by atoms with E-state index in [1.807, 2.05) is 35.4 Å². The molecule has 1 amide bonds. The van der Waals surface area contributed by atoms with Crippen LogP contribution < -0.4 is 0 Å². The van der Waals surface area contributed by atoms with Crippen LogP contribution in [-0.2, 0) is 0 Å². The molecule has 0 spiro atoms. The normalized spacial score (nSPS) is 20.4. The SMILES string of the molecule is O=C(c1cc2cc(O)ccc2[nH]1)N1CCC[C@@H](CN2CCC(c3coc4ccccc34)CC2)C1. The smallest absolute Gasteiger partial charge is 0.270 e. The number of nitrogens with zero attached hydrogens (tertiary/aromatic N) is 2. The average Bonchev–Trinajstić information content (AvgIpc) is 3.48. The molecule has 1 atom stereocenters. The van der Waals surface area contributed by atoms with E-state index in [0.29, 0.717) is 17.5 Å². The molecule has 0 unspecified atom stereocenters. The van der Waals surface area contributed by atoms with Crippen LogP contribution >= 0.6 is 0 Å². The zero-order valence-electron chi connectivity index (χ0n) is 19.4. The van der Waals surface area contributed by atoms with E-state index >= 15 is 0 Å². The molecule has 0 bridgehead atoms. The van der Waals surface area contributed by atoms with Gasteiger partial charge in [-0.05, 0) is 80.9 Å². The number of carbonyl (C=O) groups is 1. The lowest BCUT2D eigenvalue weighted by Gasteiger charge is -2.38. The molecule has 0 radical (unpaired) electrons. The third-order valence-electron chi connectivity index (χ3n) is 7.70. The van der Waals surface area contributed by atoms with E-state index in [-0.39, 0.29) is 11.7 Å². The van der Waals surface area contributed by atoms with Crippen molar-refractivity contribution in [3.05, 3.63) is 66.1 Å². The highest BCUT2D eigenvalue weighted by molar-refractivity contribution is 5.98. The van der Waals surface area contributed by atoms with Gasteiger partial charge in [0.25, 0.3) is 5.91 Å². The zero-order valence-corrected chi connectivity index (χ0v) is 19.4. The molecule has 4 heterocycles. The highest BCUT2D eigenvalue weighted by Gasteiger charge is 2.29. The van der Waals surface area contributed by atoms with Gasteiger partial charge >= 0.3 is 0 Å². The lowest BCUT2D eigenvalue weighted by Crippen LogP contribution is -2.45. The number of rotatable bonds is 4. The second-order valence-electron chi connectivity index (χ2n) is 9.98. The largest absolute Gasteiger partial charge is 0.508 e. The van der Waals surface area contributed by atoms with Crippen molar-refractivity contribution in [1.29, 1.82) is 0 Å². The number of piperidine rings is 2. The first-order valence-electron chi connectivity index (χ1n) is 12.4. The molecule has 2 aromatic heterocycles. The summed E-state index contributed by atoms with van der Waals surface area (Å²) in [5.41, 5.74) is 3.83. The monoisotopic (exact) mass is 457 g/mol. The molecular weight excluding hydrogens is 426 g/mol. The number of fused-ring (bicyclic) bond motifs is 2. The Labute approximate surface area is 199 Å². The van der Waals surface area contributed by atoms with Crippen molar-refractivity contribution in [3.8, 4) is 5.75 Å². The minimum atomic E-state index is 0.0610. The fourth-order valence-corrected chi connectivity index (χ4v) is 5.91. The molecule has 6 rings (SSSR count). The first kappa shape index (κ1) is 21.3. The van der Waals surface area contributed by atoms with Gasteiger partial charge < -0.3 is 24.3 Å². The number of amides is 1. The molecule has 176 valence electrons. The predicted octanol–water partition coefficient (Wildman–Crippen LogP) is 5.35. The molecule has 34 heavy (non-hydrogen) atoms. The third-order valence-corrected chi connectivity index (χ3v) is 7.70. The van der Waals surface area contributed by atoms with Crippen molar-refractivity contribution in [2.75, 3.05) is 32.7 Å². The van der Waals surface area contributed by atoms with Gasteiger partial charge in [0.1, 0.15) is 17.0 Å². The predicted molar refractivity (Wildman–Crippen MR) is 133 cm³/mol. The van der Waals surface area contributed by atoms with Crippen molar-refractivity contribution < 1.29 is 14.3 Å². The van der Waals surface area contributed by atoms with Gasteiger partial charge in [-0.3, -0.25) is 4.79 Å². The molecule has 0 aliphatic carbocycles. The quantitative estimate of drug-likeness (QED) is 0.433. The zero-order chi connectivity index (χ0) is 23.1. The van der Waals surface area contributed by atoms with Gasteiger partial charge in [0, 0.05) is 41.5 Å². The van der Waals surface area contributed by atoms with Gasteiger partial charge in [-0.25, -0.2) is 0 Å². The Kier molecular flexibility index (Phi) is 5.53. The molecule has 4 aromatic rings. The van der Waals surface area contributed by atoms with Crippen molar-refractivity contribution in [3.63, 3.8) is 0 Å². The minimum Gasteiger partial charge on any atom is -0.508 e. The summed E-state index contributed by atoms with van der Waals surface area (Å²) in [5.74, 6) is 1.35. The molecular formula is C28H31N3O3.